The van der Waals surface area contributed by atoms with Gasteiger partial charge < -0.3 is 15.8 Å². The Morgan fingerprint density at radius 1 is 1.60 bits per heavy atom. The molecule has 0 aliphatic heterocycles. The number of rotatable bonds is 6. The molecule has 0 aromatic carbocycles. The van der Waals surface area contributed by atoms with E-state index in [-0.39, 0.29) is 5.97 Å². The molecule has 3 N–H and O–H groups in total. The Morgan fingerprint density at radius 2 is 2.33 bits per heavy atom. The summed E-state index contributed by atoms with van der Waals surface area (Å²) in [7, 11) is 0. The molecule has 86 valence electrons. The SMILES string of the molecule is CCOC(=O)CCCN=C(N)NC1CC1. The van der Waals surface area contributed by atoms with Crippen LogP contribution in [0.5, 0.6) is 0 Å². The lowest BCUT2D eigenvalue weighted by Gasteiger charge is -2.03. The van der Waals surface area contributed by atoms with E-state index in [1.165, 1.54) is 12.8 Å². The summed E-state index contributed by atoms with van der Waals surface area (Å²) in [6.45, 7) is 2.81. The number of nitrogens with one attached hydrogen (secondary N) is 1. The van der Waals surface area contributed by atoms with Crippen molar-refractivity contribution in [1.82, 2.24) is 5.32 Å². The summed E-state index contributed by atoms with van der Waals surface area (Å²) in [5.74, 6) is 0.322. The monoisotopic (exact) mass is 213 g/mol. The first-order valence-corrected chi connectivity index (χ1v) is 5.44. The van der Waals surface area contributed by atoms with Crippen LogP contribution in [0.3, 0.4) is 0 Å². The summed E-state index contributed by atoms with van der Waals surface area (Å²) in [5.41, 5.74) is 5.61. The van der Waals surface area contributed by atoms with E-state index in [2.05, 4.69) is 10.3 Å². The van der Waals surface area contributed by atoms with E-state index in [4.69, 9.17) is 10.5 Å². The lowest BCUT2D eigenvalue weighted by Crippen LogP contribution is -2.33. The highest BCUT2D eigenvalue weighted by molar-refractivity contribution is 5.78. The van der Waals surface area contributed by atoms with Gasteiger partial charge in [0.25, 0.3) is 0 Å². The van der Waals surface area contributed by atoms with Crippen molar-refractivity contribution in [2.45, 2.75) is 38.6 Å². The molecule has 1 aliphatic rings. The van der Waals surface area contributed by atoms with E-state index in [0.717, 1.165) is 0 Å². The van der Waals surface area contributed by atoms with Crippen LogP contribution < -0.4 is 11.1 Å². The van der Waals surface area contributed by atoms with E-state index in [0.29, 0.717) is 38.0 Å². The van der Waals surface area contributed by atoms with Crippen molar-refractivity contribution >= 4 is 11.9 Å². The second-order valence-electron chi connectivity index (χ2n) is 3.59. The van der Waals surface area contributed by atoms with Crippen LogP contribution in [-0.2, 0) is 9.53 Å². The van der Waals surface area contributed by atoms with Crippen LogP contribution in [0, 0.1) is 0 Å². The number of carbonyl (C=O) groups excluding carboxylic acids is 1. The van der Waals surface area contributed by atoms with Crippen molar-refractivity contribution in [3.63, 3.8) is 0 Å². The average molecular weight is 213 g/mol. The maximum Gasteiger partial charge on any atom is 0.305 e. The first-order valence-electron chi connectivity index (χ1n) is 5.44. The highest BCUT2D eigenvalue weighted by Gasteiger charge is 2.21. The van der Waals surface area contributed by atoms with Crippen molar-refractivity contribution in [2.75, 3.05) is 13.2 Å². The number of esters is 1. The van der Waals surface area contributed by atoms with Gasteiger partial charge in [-0.2, -0.15) is 0 Å². The van der Waals surface area contributed by atoms with Gasteiger partial charge in [-0.15, -0.1) is 0 Å². The molecule has 1 aliphatic carbocycles. The van der Waals surface area contributed by atoms with Crippen LogP contribution in [0.2, 0.25) is 0 Å². The number of guanidine groups is 1. The predicted molar refractivity (Wildman–Crippen MR) is 58.5 cm³/mol. The lowest BCUT2D eigenvalue weighted by molar-refractivity contribution is -0.143. The van der Waals surface area contributed by atoms with Gasteiger partial charge in [0.1, 0.15) is 0 Å². The van der Waals surface area contributed by atoms with E-state index < -0.39 is 0 Å². The number of hydrogen-bond donors (Lipinski definition) is 2. The van der Waals surface area contributed by atoms with Gasteiger partial charge in [0.15, 0.2) is 5.96 Å². The van der Waals surface area contributed by atoms with Gasteiger partial charge >= 0.3 is 5.97 Å². The zero-order valence-corrected chi connectivity index (χ0v) is 9.16. The molecule has 0 heterocycles. The zero-order chi connectivity index (χ0) is 11.1. The summed E-state index contributed by atoms with van der Waals surface area (Å²) in [4.78, 5) is 15.1. The molecule has 0 unspecified atom stereocenters. The first-order chi connectivity index (χ1) is 7.22. The summed E-state index contributed by atoms with van der Waals surface area (Å²) in [6, 6.07) is 0.527. The van der Waals surface area contributed by atoms with Gasteiger partial charge in [-0.3, -0.25) is 9.79 Å². The fourth-order valence-corrected chi connectivity index (χ4v) is 1.14. The lowest BCUT2D eigenvalue weighted by atomic mass is 10.3. The fourth-order valence-electron chi connectivity index (χ4n) is 1.14. The fraction of sp³-hybridized carbons (Fsp3) is 0.800. The van der Waals surface area contributed by atoms with Crippen LogP contribution in [0.25, 0.3) is 0 Å². The number of hydrogen-bond acceptors (Lipinski definition) is 3. The van der Waals surface area contributed by atoms with Gasteiger partial charge in [-0.25, -0.2) is 0 Å². The van der Waals surface area contributed by atoms with E-state index in [1.807, 2.05) is 0 Å². The van der Waals surface area contributed by atoms with Gasteiger partial charge in [-0.1, -0.05) is 0 Å². The minimum atomic E-state index is -0.165. The average Bonchev–Trinajstić information content (AvgIpc) is 2.97. The van der Waals surface area contributed by atoms with Crippen LogP contribution in [0.15, 0.2) is 4.99 Å². The van der Waals surface area contributed by atoms with Crippen LogP contribution in [0.1, 0.15) is 32.6 Å². The topological polar surface area (TPSA) is 76.7 Å². The molecule has 0 amide bonds. The van der Waals surface area contributed by atoms with E-state index >= 15 is 0 Å². The predicted octanol–water partition coefficient (Wildman–Crippen LogP) is 0.396. The Bertz CT molecular complexity index is 237. The number of ether oxygens (including phenoxy) is 1. The number of nitrogens with two attached hydrogens (primary N) is 1. The van der Waals surface area contributed by atoms with Gasteiger partial charge in [-0.05, 0) is 26.2 Å². The Balaban J connectivity index is 2.01. The molecule has 0 atom stereocenters. The standard InChI is InChI=1S/C10H19N3O2/c1-2-15-9(14)4-3-7-12-10(11)13-8-5-6-8/h8H,2-7H2,1H3,(H3,11,12,13). The largest absolute Gasteiger partial charge is 0.466 e. The summed E-state index contributed by atoms with van der Waals surface area (Å²) in [5, 5.41) is 3.08. The molecular formula is C10H19N3O2. The third-order valence-corrected chi connectivity index (χ3v) is 2.06. The Hall–Kier alpha value is -1.26. The number of carbonyl (C=O) groups is 1. The Morgan fingerprint density at radius 3 is 2.93 bits per heavy atom. The molecule has 0 aromatic rings. The summed E-state index contributed by atoms with van der Waals surface area (Å²) in [6.07, 6.45) is 3.46. The molecular weight excluding hydrogens is 194 g/mol. The van der Waals surface area contributed by atoms with Gasteiger partial charge in [0, 0.05) is 19.0 Å². The minimum Gasteiger partial charge on any atom is -0.466 e. The molecule has 15 heavy (non-hydrogen) atoms. The Kier molecular flexibility index (Phi) is 4.93. The second kappa shape index (κ2) is 6.27. The second-order valence-corrected chi connectivity index (χ2v) is 3.59. The van der Waals surface area contributed by atoms with Crippen LogP contribution in [-0.4, -0.2) is 31.1 Å². The van der Waals surface area contributed by atoms with Crippen molar-refractivity contribution < 1.29 is 9.53 Å². The maximum atomic E-state index is 11.0. The third-order valence-electron chi connectivity index (χ3n) is 2.06. The highest BCUT2D eigenvalue weighted by Crippen LogP contribution is 2.17. The summed E-state index contributed by atoms with van der Waals surface area (Å²) < 4.78 is 4.79. The van der Waals surface area contributed by atoms with Gasteiger partial charge in [0.2, 0.25) is 0 Å². The molecule has 0 spiro atoms. The molecule has 1 fully saturated rings. The quantitative estimate of drug-likeness (QED) is 0.290. The normalized spacial score (nSPS) is 16.2. The molecule has 0 radical (unpaired) electrons. The molecule has 5 heteroatoms. The molecule has 0 saturated heterocycles. The Labute approximate surface area is 90.1 Å². The first kappa shape index (κ1) is 11.8. The molecule has 1 saturated carbocycles. The zero-order valence-electron chi connectivity index (χ0n) is 9.16. The highest BCUT2D eigenvalue weighted by atomic mass is 16.5. The van der Waals surface area contributed by atoms with Gasteiger partial charge in [0.05, 0.1) is 6.61 Å². The molecule has 5 nitrogen and oxygen atoms in total. The summed E-state index contributed by atoms with van der Waals surface area (Å²) >= 11 is 0. The van der Waals surface area contributed by atoms with Crippen molar-refractivity contribution in [3.05, 3.63) is 0 Å². The van der Waals surface area contributed by atoms with E-state index in [1.54, 1.807) is 6.92 Å². The van der Waals surface area contributed by atoms with Crippen molar-refractivity contribution in [2.24, 2.45) is 10.7 Å². The number of aliphatic imine (C=N–C) groups is 1. The van der Waals surface area contributed by atoms with Crippen LogP contribution >= 0.6 is 0 Å². The maximum absolute atomic E-state index is 11.0. The van der Waals surface area contributed by atoms with Crippen molar-refractivity contribution in [3.8, 4) is 0 Å². The molecule has 0 aromatic heterocycles. The minimum absolute atomic E-state index is 0.165. The smallest absolute Gasteiger partial charge is 0.305 e. The third kappa shape index (κ3) is 5.93. The van der Waals surface area contributed by atoms with E-state index in [9.17, 15) is 4.79 Å². The molecule has 1 rings (SSSR count). The molecule has 0 bridgehead atoms. The van der Waals surface area contributed by atoms with Crippen molar-refractivity contribution in [1.29, 1.82) is 0 Å². The van der Waals surface area contributed by atoms with Crippen LogP contribution in [0.4, 0.5) is 0 Å². The number of nitrogens with zero attached hydrogens (tertiary/aromatic N) is 1.